The number of carbonyl (C=O) groups is 1. The largest absolute Gasteiger partial charge is 0.337 e. The van der Waals surface area contributed by atoms with Crippen LogP contribution >= 0.6 is 0 Å². The fourth-order valence-corrected chi connectivity index (χ4v) is 4.53. The van der Waals surface area contributed by atoms with E-state index < -0.39 is 0 Å². The molecule has 6 heteroatoms. The Kier molecular flexibility index (Phi) is 4.15. The third kappa shape index (κ3) is 2.78. The van der Waals surface area contributed by atoms with E-state index in [9.17, 15) is 9.59 Å². The highest BCUT2D eigenvalue weighted by Crippen LogP contribution is 2.34. The third-order valence-corrected chi connectivity index (χ3v) is 5.76. The Hall–Kier alpha value is -2.08. The lowest BCUT2D eigenvalue weighted by Crippen LogP contribution is -2.38. The average Bonchev–Trinajstić information content (AvgIpc) is 3.26. The van der Waals surface area contributed by atoms with Gasteiger partial charge in [-0.1, -0.05) is 12.1 Å². The van der Waals surface area contributed by atoms with Crippen LogP contribution in [-0.4, -0.2) is 46.2 Å². The quantitative estimate of drug-likeness (QED) is 0.927. The fraction of sp³-hybridized carbons (Fsp3) is 0.579. The van der Waals surface area contributed by atoms with Crippen LogP contribution in [0, 0.1) is 11.8 Å². The summed E-state index contributed by atoms with van der Waals surface area (Å²) in [6.07, 6.45) is 2.28. The monoisotopic (exact) mass is 342 g/mol. The number of piperidine rings is 1. The molecular formula is C19H26N4O2. The minimum Gasteiger partial charge on any atom is -0.337 e. The molecule has 2 aromatic rings. The molecule has 25 heavy (non-hydrogen) atoms. The number of fused-ring (bicyclic) bond motifs is 3. The molecule has 1 amide bonds. The zero-order valence-electron chi connectivity index (χ0n) is 14.9. The second-order valence-electron chi connectivity index (χ2n) is 7.66. The predicted octanol–water partition coefficient (Wildman–Crippen LogP) is 2.28. The van der Waals surface area contributed by atoms with Crippen molar-refractivity contribution >= 4 is 17.1 Å². The highest BCUT2D eigenvalue weighted by atomic mass is 16.2. The summed E-state index contributed by atoms with van der Waals surface area (Å²) in [6, 6.07) is 7.18. The molecule has 1 N–H and O–H groups in total. The number of aromatic nitrogens is 2. The number of hydrogen-bond donors (Lipinski definition) is 1. The molecule has 3 heterocycles. The second kappa shape index (κ2) is 6.33. The fourth-order valence-electron chi connectivity index (χ4n) is 4.53. The van der Waals surface area contributed by atoms with E-state index in [1.165, 1.54) is 24.1 Å². The molecule has 0 saturated carbocycles. The van der Waals surface area contributed by atoms with E-state index in [-0.39, 0.29) is 17.8 Å². The Balaban J connectivity index is 1.50. The predicted molar refractivity (Wildman–Crippen MR) is 98.0 cm³/mol. The Morgan fingerprint density at radius 2 is 2.00 bits per heavy atom. The van der Waals surface area contributed by atoms with Crippen LogP contribution in [0.5, 0.6) is 0 Å². The van der Waals surface area contributed by atoms with E-state index in [1.807, 2.05) is 38.1 Å². The van der Waals surface area contributed by atoms with Crippen LogP contribution in [0.4, 0.5) is 4.79 Å². The van der Waals surface area contributed by atoms with Gasteiger partial charge in [-0.2, -0.15) is 0 Å². The van der Waals surface area contributed by atoms with Gasteiger partial charge in [0, 0.05) is 25.7 Å². The van der Waals surface area contributed by atoms with Crippen molar-refractivity contribution in [1.29, 1.82) is 0 Å². The standard InChI is InChI=1S/C19H26N4O2/c1-13(2)22-16-5-3-4-6-17(16)23(19(22)25)18(24)20-9-7-14-11-21-10-8-15(14)12-21/h3-6,13-15H,7-12H2,1-2H3,(H,20,24). The van der Waals surface area contributed by atoms with E-state index in [4.69, 9.17) is 0 Å². The van der Waals surface area contributed by atoms with Crippen molar-refractivity contribution in [2.45, 2.75) is 32.7 Å². The van der Waals surface area contributed by atoms with E-state index in [0.717, 1.165) is 24.4 Å². The van der Waals surface area contributed by atoms with Crippen molar-refractivity contribution in [2.24, 2.45) is 11.8 Å². The van der Waals surface area contributed by atoms with E-state index in [0.29, 0.717) is 18.0 Å². The highest BCUT2D eigenvalue weighted by Gasteiger charge is 2.37. The van der Waals surface area contributed by atoms with Crippen molar-refractivity contribution < 1.29 is 4.79 Å². The minimum absolute atomic E-state index is 0.00883. The molecule has 2 aliphatic heterocycles. The first kappa shape index (κ1) is 16.4. The lowest BCUT2D eigenvalue weighted by Gasteiger charge is -2.21. The summed E-state index contributed by atoms with van der Waals surface area (Å²) in [5.41, 5.74) is 1.21. The zero-order chi connectivity index (χ0) is 17.6. The zero-order valence-corrected chi connectivity index (χ0v) is 14.9. The first-order valence-electron chi connectivity index (χ1n) is 9.29. The Morgan fingerprint density at radius 3 is 2.64 bits per heavy atom. The van der Waals surface area contributed by atoms with Gasteiger partial charge in [-0.25, -0.2) is 14.2 Å². The van der Waals surface area contributed by atoms with Gasteiger partial charge in [0.05, 0.1) is 11.0 Å². The summed E-state index contributed by atoms with van der Waals surface area (Å²) < 4.78 is 2.96. The average molecular weight is 342 g/mol. The van der Waals surface area contributed by atoms with Crippen molar-refractivity contribution in [1.82, 2.24) is 19.4 Å². The molecule has 6 nitrogen and oxygen atoms in total. The maximum Gasteiger partial charge on any atom is 0.337 e. The van der Waals surface area contributed by atoms with Gasteiger partial charge in [-0.15, -0.1) is 0 Å². The summed E-state index contributed by atoms with van der Waals surface area (Å²) in [5, 5.41) is 2.96. The number of carbonyl (C=O) groups excluding carboxylic acids is 1. The first-order valence-corrected chi connectivity index (χ1v) is 9.29. The Labute approximate surface area is 147 Å². The van der Waals surface area contributed by atoms with Crippen LogP contribution in [0.25, 0.3) is 11.0 Å². The lowest BCUT2D eigenvalue weighted by atomic mass is 9.90. The van der Waals surface area contributed by atoms with Gasteiger partial charge in [0.1, 0.15) is 0 Å². The molecule has 0 aliphatic carbocycles. The van der Waals surface area contributed by atoms with Gasteiger partial charge in [0.15, 0.2) is 0 Å². The first-order chi connectivity index (χ1) is 12.1. The van der Waals surface area contributed by atoms with E-state index >= 15 is 0 Å². The van der Waals surface area contributed by atoms with E-state index in [2.05, 4.69) is 10.2 Å². The molecule has 4 rings (SSSR count). The SMILES string of the molecule is CC(C)n1c(=O)n(C(=O)NCCC2CN3CCC2C3)c2ccccc21. The van der Waals surface area contributed by atoms with Crippen LogP contribution in [0.3, 0.4) is 0 Å². The molecule has 2 saturated heterocycles. The minimum atomic E-state index is -0.316. The number of hydrogen-bond acceptors (Lipinski definition) is 3. The molecule has 0 radical (unpaired) electrons. The maximum atomic E-state index is 12.8. The summed E-state index contributed by atoms with van der Waals surface area (Å²) in [5.74, 6) is 1.48. The summed E-state index contributed by atoms with van der Waals surface area (Å²) in [6.45, 7) is 8.16. The summed E-state index contributed by atoms with van der Waals surface area (Å²) >= 11 is 0. The molecule has 3 atom stereocenters. The van der Waals surface area contributed by atoms with Gasteiger partial charge in [-0.3, -0.25) is 4.57 Å². The van der Waals surface area contributed by atoms with Crippen LogP contribution in [0.15, 0.2) is 29.1 Å². The molecule has 2 fully saturated rings. The highest BCUT2D eigenvalue weighted by molar-refractivity contribution is 5.89. The Morgan fingerprint density at radius 1 is 1.24 bits per heavy atom. The molecule has 134 valence electrons. The van der Waals surface area contributed by atoms with Crippen molar-refractivity contribution in [2.75, 3.05) is 26.2 Å². The number of para-hydroxylation sites is 2. The van der Waals surface area contributed by atoms with Crippen molar-refractivity contribution in [3.8, 4) is 0 Å². The topological polar surface area (TPSA) is 59.3 Å². The van der Waals surface area contributed by atoms with Crippen LogP contribution in [0.2, 0.25) is 0 Å². The molecular weight excluding hydrogens is 316 g/mol. The van der Waals surface area contributed by atoms with Gasteiger partial charge >= 0.3 is 11.7 Å². The smallest absolute Gasteiger partial charge is 0.337 e. The maximum absolute atomic E-state index is 12.8. The van der Waals surface area contributed by atoms with Gasteiger partial charge in [0.2, 0.25) is 0 Å². The molecule has 1 aromatic carbocycles. The van der Waals surface area contributed by atoms with Crippen molar-refractivity contribution in [3.63, 3.8) is 0 Å². The second-order valence-corrected chi connectivity index (χ2v) is 7.66. The van der Waals surface area contributed by atoms with Crippen LogP contribution in [-0.2, 0) is 0 Å². The summed E-state index contributed by atoms with van der Waals surface area (Å²) in [7, 11) is 0. The lowest BCUT2D eigenvalue weighted by molar-refractivity contribution is 0.239. The molecule has 2 bridgehead atoms. The van der Waals surface area contributed by atoms with E-state index in [1.54, 1.807) is 4.57 Å². The number of imidazole rings is 1. The molecule has 2 aliphatic rings. The van der Waals surface area contributed by atoms with Crippen molar-refractivity contribution in [3.05, 3.63) is 34.7 Å². The number of amides is 1. The third-order valence-electron chi connectivity index (χ3n) is 5.76. The van der Waals surface area contributed by atoms with Gasteiger partial charge in [0.25, 0.3) is 0 Å². The number of benzene rings is 1. The van der Waals surface area contributed by atoms with Crippen LogP contribution < -0.4 is 11.0 Å². The van der Waals surface area contributed by atoms with Gasteiger partial charge < -0.3 is 10.2 Å². The summed E-state index contributed by atoms with van der Waals surface area (Å²) in [4.78, 5) is 27.9. The van der Waals surface area contributed by atoms with Gasteiger partial charge in [-0.05, 0) is 57.2 Å². The molecule has 0 spiro atoms. The number of nitrogens with one attached hydrogen (secondary N) is 1. The molecule has 3 unspecified atom stereocenters. The molecule has 1 aromatic heterocycles. The van der Waals surface area contributed by atoms with Crippen LogP contribution in [0.1, 0.15) is 32.7 Å². The number of nitrogens with zero attached hydrogens (tertiary/aromatic N) is 3. The Bertz CT molecular complexity index is 851. The normalized spacial score (nSPS) is 25.2. The number of rotatable bonds is 4.